The number of benzene rings is 1. The van der Waals surface area contributed by atoms with E-state index in [2.05, 4.69) is 59.4 Å². The summed E-state index contributed by atoms with van der Waals surface area (Å²) < 4.78 is 1.22. The van der Waals surface area contributed by atoms with Gasteiger partial charge in [0.2, 0.25) is 0 Å². The molecule has 0 heterocycles. The normalized spacial score (nSPS) is 22.6. The summed E-state index contributed by atoms with van der Waals surface area (Å²) in [7, 11) is 0. The molecule has 0 bridgehead atoms. The van der Waals surface area contributed by atoms with Crippen molar-refractivity contribution in [3.8, 4) is 0 Å². The number of halogens is 1. The number of nitrogens with one attached hydrogen (secondary N) is 1. The first-order chi connectivity index (χ1) is 9.54. The minimum atomic E-state index is 0.388. The van der Waals surface area contributed by atoms with Gasteiger partial charge in [0, 0.05) is 16.4 Å². The molecule has 110 valence electrons. The van der Waals surface area contributed by atoms with E-state index < -0.39 is 0 Å². The molecule has 0 radical (unpaired) electrons. The minimum absolute atomic E-state index is 0.388. The van der Waals surface area contributed by atoms with Crippen LogP contribution < -0.4 is 5.32 Å². The Labute approximate surface area is 131 Å². The summed E-state index contributed by atoms with van der Waals surface area (Å²) in [6, 6.07) is 8.99. The summed E-state index contributed by atoms with van der Waals surface area (Å²) in [4.78, 5) is 0. The molecule has 2 fully saturated rings. The maximum atomic E-state index is 3.72. The summed E-state index contributed by atoms with van der Waals surface area (Å²) in [6.45, 7) is 6.84. The lowest BCUT2D eigenvalue weighted by atomic mass is 9.43. The van der Waals surface area contributed by atoms with Crippen molar-refractivity contribution in [3.63, 3.8) is 0 Å². The lowest BCUT2D eigenvalue weighted by molar-refractivity contribution is -0.0484. The van der Waals surface area contributed by atoms with E-state index in [1.165, 1.54) is 42.1 Å². The number of hydrogen-bond acceptors (Lipinski definition) is 1. The van der Waals surface area contributed by atoms with Crippen LogP contribution in [-0.2, 0) is 5.41 Å². The molecule has 0 saturated heterocycles. The molecule has 0 unspecified atom stereocenters. The van der Waals surface area contributed by atoms with Crippen LogP contribution in [0.1, 0.15) is 51.5 Å². The largest absolute Gasteiger partial charge is 0.316 e. The van der Waals surface area contributed by atoms with Crippen molar-refractivity contribution in [1.29, 1.82) is 0 Å². The van der Waals surface area contributed by atoms with Crippen LogP contribution in [0.25, 0.3) is 0 Å². The quantitative estimate of drug-likeness (QED) is 0.807. The van der Waals surface area contributed by atoms with Crippen LogP contribution in [-0.4, -0.2) is 13.1 Å². The van der Waals surface area contributed by atoms with Gasteiger partial charge in [-0.3, -0.25) is 0 Å². The first-order valence-corrected chi connectivity index (χ1v) is 8.80. The Hall–Kier alpha value is -0.340. The Balaban J connectivity index is 1.74. The van der Waals surface area contributed by atoms with Crippen molar-refractivity contribution in [3.05, 3.63) is 34.3 Å². The monoisotopic (exact) mass is 335 g/mol. The predicted octanol–water partition coefficient (Wildman–Crippen LogP) is 4.90. The Bertz CT molecular complexity index is 468. The fraction of sp³-hybridized carbons (Fsp3) is 0.667. The third-order valence-corrected chi connectivity index (χ3v) is 5.79. The van der Waals surface area contributed by atoms with Gasteiger partial charge in [0.05, 0.1) is 0 Å². The molecule has 2 heteroatoms. The Kier molecular flexibility index (Phi) is 3.98. The zero-order valence-corrected chi connectivity index (χ0v) is 14.3. The standard InChI is InChI=1S/C18H26BrN/c1-14(2)10-20-13-18(11-17(12-18)7-4-8-17)15-5-3-6-16(19)9-15/h3,5-6,9,14,20H,4,7-8,10-13H2,1-2H3. The molecule has 20 heavy (non-hydrogen) atoms. The molecule has 2 saturated carbocycles. The second-order valence-electron chi connectivity index (χ2n) is 7.52. The van der Waals surface area contributed by atoms with E-state index in [9.17, 15) is 0 Å². The Morgan fingerprint density at radius 2 is 2.00 bits per heavy atom. The van der Waals surface area contributed by atoms with Gasteiger partial charge in [-0.1, -0.05) is 48.3 Å². The van der Waals surface area contributed by atoms with Crippen LogP contribution in [0, 0.1) is 11.3 Å². The lowest BCUT2D eigenvalue weighted by Crippen LogP contribution is -2.57. The van der Waals surface area contributed by atoms with E-state index in [0.717, 1.165) is 19.0 Å². The average molecular weight is 336 g/mol. The maximum absolute atomic E-state index is 3.72. The fourth-order valence-corrected chi connectivity index (χ4v) is 4.66. The van der Waals surface area contributed by atoms with Gasteiger partial charge in [0.15, 0.2) is 0 Å². The molecule has 0 atom stereocenters. The molecule has 1 N–H and O–H groups in total. The number of hydrogen-bond donors (Lipinski definition) is 1. The molecule has 0 amide bonds. The van der Waals surface area contributed by atoms with E-state index in [4.69, 9.17) is 0 Å². The van der Waals surface area contributed by atoms with E-state index in [1.54, 1.807) is 0 Å². The van der Waals surface area contributed by atoms with Crippen LogP contribution in [0.15, 0.2) is 28.7 Å². The molecule has 0 aromatic heterocycles. The van der Waals surface area contributed by atoms with Gasteiger partial charge >= 0.3 is 0 Å². The van der Waals surface area contributed by atoms with E-state index in [0.29, 0.717) is 10.8 Å². The summed E-state index contributed by atoms with van der Waals surface area (Å²) in [5.74, 6) is 0.729. The van der Waals surface area contributed by atoms with Crippen molar-refractivity contribution >= 4 is 15.9 Å². The van der Waals surface area contributed by atoms with E-state index in [1.807, 2.05) is 0 Å². The number of rotatable bonds is 5. The molecule has 1 aromatic carbocycles. The molecule has 0 aliphatic heterocycles. The maximum Gasteiger partial charge on any atom is 0.0178 e. The molecule has 1 nitrogen and oxygen atoms in total. The Morgan fingerprint density at radius 1 is 1.25 bits per heavy atom. The van der Waals surface area contributed by atoms with Crippen LogP contribution in [0.2, 0.25) is 0 Å². The third kappa shape index (κ3) is 2.69. The van der Waals surface area contributed by atoms with Crippen molar-refractivity contribution in [2.24, 2.45) is 11.3 Å². The molecular formula is C18H26BrN. The topological polar surface area (TPSA) is 12.0 Å². The highest BCUT2D eigenvalue weighted by molar-refractivity contribution is 9.10. The molecule has 1 spiro atoms. The fourth-order valence-electron chi connectivity index (χ4n) is 4.26. The lowest BCUT2D eigenvalue weighted by Gasteiger charge is -2.62. The highest BCUT2D eigenvalue weighted by Crippen LogP contribution is 2.64. The predicted molar refractivity (Wildman–Crippen MR) is 89.0 cm³/mol. The first kappa shape index (κ1) is 14.6. The van der Waals surface area contributed by atoms with Gasteiger partial charge in [-0.2, -0.15) is 0 Å². The van der Waals surface area contributed by atoms with E-state index >= 15 is 0 Å². The Morgan fingerprint density at radius 3 is 2.55 bits per heavy atom. The zero-order valence-electron chi connectivity index (χ0n) is 12.7. The molecule has 2 aliphatic rings. The van der Waals surface area contributed by atoms with Gasteiger partial charge in [0.1, 0.15) is 0 Å². The molecular weight excluding hydrogens is 310 g/mol. The highest BCUT2D eigenvalue weighted by Gasteiger charge is 2.57. The van der Waals surface area contributed by atoms with Gasteiger partial charge in [0.25, 0.3) is 0 Å². The first-order valence-electron chi connectivity index (χ1n) is 8.01. The third-order valence-electron chi connectivity index (χ3n) is 5.29. The van der Waals surface area contributed by atoms with Crippen molar-refractivity contribution in [2.75, 3.05) is 13.1 Å². The summed E-state index contributed by atoms with van der Waals surface area (Å²) in [5.41, 5.74) is 2.63. The second kappa shape index (κ2) is 5.46. The van der Waals surface area contributed by atoms with Crippen LogP contribution in [0.4, 0.5) is 0 Å². The second-order valence-corrected chi connectivity index (χ2v) is 8.44. The summed E-state index contributed by atoms with van der Waals surface area (Å²) in [5, 5.41) is 3.72. The zero-order chi connectivity index (χ0) is 14.2. The summed E-state index contributed by atoms with van der Waals surface area (Å²) >= 11 is 3.64. The van der Waals surface area contributed by atoms with Gasteiger partial charge in [-0.15, -0.1) is 0 Å². The minimum Gasteiger partial charge on any atom is -0.316 e. The van der Waals surface area contributed by atoms with Gasteiger partial charge < -0.3 is 5.32 Å². The highest BCUT2D eigenvalue weighted by atomic mass is 79.9. The SMILES string of the molecule is CC(C)CNCC1(c2cccc(Br)c2)CC2(CCC2)C1. The van der Waals surface area contributed by atoms with Crippen molar-refractivity contribution < 1.29 is 0 Å². The van der Waals surface area contributed by atoms with Crippen LogP contribution >= 0.6 is 15.9 Å². The van der Waals surface area contributed by atoms with Crippen LogP contribution in [0.5, 0.6) is 0 Å². The van der Waals surface area contributed by atoms with Crippen molar-refractivity contribution in [1.82, 2.24) is 5.32 Å². The van der Waals surface area contributed by atoms with Gasteiger partial charge in [-0.05, 0) is 61.3 Å². The van der Waals surface area contributed by atoms with Gasteiger partial charge in [-0.25, -0.2) is 0 Å². The van der Waals surface area contributed by atoms with Crippen molar-refractivity contribution in [2.45, 2.75) is 51.4 Å². The molecule has 2 aliphatic carbocycles. The molecule has 3 rings (SSSR count). The smallest absolute Gasteiger partial charge is 0.0178 e. The average Bonchev–Trinajstić information content (AvgIpc) is 2.29. The van der Waals surface area contributed by atoms with Crippen LogP contribution in [0.3, 0.4) is 0 Å². The summed E-state index contributed by atoms with van der Waals surface area (Å²) in [6.07, 6.45) is 7.16. The molecule has 1 aromatic rings. The van der Waals surface area contributed by atoms with E-state index in [-0.39, 0.29) is 0 Å².